The van der Waals surface area contributed by atoms with Gasteiger partial charge in [-0.25, -0.2) is 9.78 Å². The lowest BCUT2D eigenvalue weighted by Crippen LogP contribution is -2.11. The first-order valence-electron chi connectivity index (χ1n) is 6.91. The van der Waals surface area contributed by atoms with E-state index in [4.69, 9.17) is 4.74 Å². The zero-order chi connectivity index (χ0) is 17.3. The average Bonchev–Trinajstić information content (AvgIpc) is 2.59. The van der Waals surface area contributed by atoms with Crippen LogP contribution in [0, 0.1) is 0 Å². The molecular weight excluding hydrogens is 321 g/mol. The van der Waals surface area contributed by atoms with Crippen molar-refractivity contribution in [2.24, 2.45) is 0 Å². The zero-order valence-corrected chi connectivity index (χ0v) is 12.5. The standard InChI is InChI=1S/C17H11F3N2O2/c1-24-16(23)12-8-10-9-21-7-6-14(10)22-15(12)11-4-2-3-5-13(11)17(18,19)20/h2-9H,1H3. The molecule has 7 heteroatoms. The highest BCUT2D eigenvalue weighted by atomic mass is 19.4. The van der Waals surface area contributed by atoms with Crippen LogP contribution in [0.15, 0.2) is 48.8 Å². The molecule has 0 saturated heterocycles. The molecule has 0 atom stereocenters. The number of hydrogen-bond acceptors (Lipinski definition) is 4. The van der Waals surface area contributed by atoms with Crippen molar-refractivity contribution in [3.05, 3.63) is 59.9 Å². The van der Waals surface area contributed by atoms with Crippen molar-refractivity contribution < 1.29 is 22.7 Å². The number of nitrogens with zero attached hydrogens (tertiary/aromatic N) is 2. The first-order chi connectivity index (χ1) is 11.4. The van der Waals surface area contributed by atoms with Gasteiger partial charge in [0, 0.05) is 23.3 Å². The first-order valence-corrected chi connectivity index (χ1v) is 6.91. The Bertz CT molecular complexity index is 923. The molecule has 0 aliphatic rings. The smallest absolute Gasteiger partial charge is 0.417 e. The number of methoxy groups -OCH3 is 1. The van der Waals surface area contributed by atoms with E-state index < -0.39 is 17.7 Å². The topological polar surface area (TPSA) is 52.1 Å². The summed E-state index contributed by atoms with van der Waals surface area (Å²) >= 11 is 0. The Morgan fingerprint density at radius 2 is 1.92 bits per heavy atom. The summed E-state index contributed by atoms with van der Waals surface area (Å²) in [7, 11) is 1.16. The highest BCUT2D eigenvalue weighted by molar-refractivity contribution is 6.00. The van der Waals surface area contributed by atoms with E-state index in [1.54, 1.807) is 6.07 Å². The fraction of sp³-hybridized carbons (Fsp3) is 0.118. The van der Waals surface area contributed by atoms with E-state index >= 15 is 0 Å². The number of pyridine rings is 2. The maximum absolute atomic E-state index is 13.3. The van der Waals surface area contributed by atoms with E-state index in [2.05, 4.69) is 9.97 Å². The molecule has 3 rings (SSSR count). The van der Waals surface area contributed by atoms with Crippen LogP contribution in [0.5, 0.6) is 0 Å². The molecule has 0 spiro atoms. The van der Waals surface area contributed by atoms with Crippen molar-refractivity contribution in [2.75, 3.05) is 7.11 Å². The summed E-state index contributed by atoms with van der Waals surface area (Å²) in [6.07, 6.45) is -1.61. The number of esters is 1. The number of halogens is 3. The quantitative estimate of drug-likeness (QED) is 0.663. The molecule has 0 fully saturated rings. The first kappa shape index (κ1) is 15.9. The lowest BCUT2D eigenvalue weighted by molar-refractivity contribution is -0.137. The second-order valence-electron chi connectivity index (χ2n) is 4.99. The van der Waals surface area contributed by atoms with Gasteiger partial charge in [-0.05, 0) is 18.2 Å². The van der Waals surface area contributed by atoms with Crippen molar-refractivity contribution in [3.8, 4) is 11.3 Å². The van der Waals surface area contributed by atoms with Gasteiger partial charge in [-0.3, -0.25) is 4.98 Å². The molecule has 0 aliphatic heterocycles. The van der Waals surface area contributed by atoms with Gasteiger partial charge in [0.2, 0.25) is 0 Å². The van der Waals surface area contributed by atoms with Gasteiger partial charge in [-0.2, -0.15) is 13.2 Å². The highest BCUT2D eigenvalue weighted by Crippen LogP contribution is 2.38. The number of benzene rings is 1. The second kappa shape index (κ2) is 5.92. The summed E-state index contributed by atoms with van der Waals surface area (Å²) < 4.78 is 44.6. The number of hydrogen-bond donors (Lipinski definition) is 0. The number of rotatable bonds is 2. The molecule has 0 amide bonds. The van der Waals surface area contributed by atoms with Gasteiger partial charge in [0.25, 0.3) is 0 Å². The highest BCUT2D eigenvalue weighted by Gasteiger charge is 2.34. The van der Waals surface area contributed by atoms with Crippen molar-refractivity contribution in [2.45, 2.75) is 6.18 Å². The SMILES string of the molecule is COC(=O)c1cc2cnccc2nc1-c1ccccc1C(F)(F)F. The minimum Gasteiger partial charge on any atom is -0.465 e. The van der Waals surface area contributed by atoms with Gasteiger partial charge in [0.15, 0.2) is 0 Å². The Kier molecular flexibility index (Phi) is 3.92. The van der Waals surface area contributed by atoms with Gasteiger partial charge in [-0.1, -0.05) is 18.2 Å². The average molecular weight is 332 g/mol. The minimum absolute atomic E-state index is 0.0466. The van der Waals surface area contributed by atoms with Gasteiger partial charge in [0.1, 0.15) is 0 Å². The fourth-order valence-corrected chi connectivity index (χ4v) is 2.42. The van der Waals surface area contributed by atoms with E-state index in [1.807, 2.05) is 0 Å². The molecule has 0 radical (unpaired) electrons. The molecule has 0 N–H and O–H groups in total. The van der Waals surface area contributed by atoms with Gasteiger partial charge >= 0.3 is 12.1 Å². The van der Waals surface area contributed by atoms with Crippen LogP contribution in [0.4, 0.5) is 13.2 Å². The molecule has 122 valence electrons. The summed E-state index contributed by atoms with van der Waals surface area (Å²) in [4.78, 5) is 20.2. The molecule has 3 aromatic rings. The molecule has 0 saturated carbocycles. The molecular formula is C17H11F3N2O2. The lowest BCUT2D eigenvalue weighted by atomic mass is 9.99. The minimum atomic E-state index is -4.57. The predicted molar refractivity (Wildman–Crippen MR) is 81.3 cm³/mol. The van der Waals surface area contributed by atoms with Crippen LogP contribution in [0.1, 0.15) is 15.9 Å². The zero-order valence-electron chi connectivity index (χ0n) is 12.5. The van der Waals surface area contributed by atoms with Gasteiger partial charge in [0.05, 0.1) is 29.4 Å². The fourth-order valence-electron chi connectivity index (χ4n) is 2.42. The number of fused-ring (bicyclic) bond motifs is 1. The molecule has 1 aromatic carbocycles. The van der Waals surface area contributed by atoms with E-state index in [-0.39, 0.29) is 16.8 Å². The third-order valence-corrected chi connectivity index (χ3v) is 3.51. The Morgan fingerprint density at radius 3 is 2.62 bits per heavy atom. The van der Waals surface area contributed by atoms with Crippen LogP contribution in [0.25, 0.3) is 22.2 Å². The summed E-state index contributed by atoms with van der Waals surface area (Å²) in [6, 6.07) is 7.98. The maximum Gasteiger partial charge on any atom is 0.417 e. The summed E-state index contributed by atoms with van der Waals surface area (Å²) in [5.74, 6) is -0.764. The Hall–Kier alpha value is -2.96. The molecule has 0 unspecified atom stereocenters. The third kappa shape index (κ3) is 2.80. The van der Waals surface area contributed by atoms with Crippen molar-refractivity contribution >= 4 is 16.9 Å². The molecule has 24 heavy (non-hydrogen) atoms. The monoisotopic (exact) mass is 332 g/mol. The summed E-state index contributed by atoms with van der Waals surface area (Å²) in [5, 5.41) is 0.533. The Balaban J connectivity index is 2.35. The Labute approximate surface area is 134 Å². The van der Waals surface area contributed by atoms with Crippen LogP contribution in [0.2, 0.25) is 0 Å². The number of carbonyl (C=O) groups excluding carboxylic acids is 1. The number of carbonyl (C=O) groups is 1. The predicted octanol–water partition coefficient (Wildman–Crippen LogP) is 4.10. The van der Waals surface area contributed by atoms with Crippen LogP contribution in [-0.4, -0.2) is 23.0 Å². The molecule has 2 heterocycles. The summed E-state index contributed by atoms with van der Waals surface area (Å²) in [5.41, 5.74) is -0.729. The normalized spacial score (nSPS) is 11.5. The Morgan fingerprint density at radius 1 is 1.17 bits per heavy atom. The number of ether oxygens (including phenoxy) is 1. The van der Waals surface area contributed by atoms with Crippen LogP contribution >= 0.6 is 0 Å². The van der Waals surface area contributed by atoms with Crippen molar-refractivity contribution in [1.29, 1.82) is 0 Å². The lowest BCUT2D eigenvalue weighted by Gasteiger charge is -2.15. The van der Waals surface area contributed by atoms with Crippen LogP contribution < -0.4 is 0 Å². The van der Waals surface area contributed by atoms with E-state index in [9.17, 15) is 18.0 Å². The molecule has 4 nitrogen and oxygen atoms in total. The van der Waals surface area contributed by atoms with E-state index in [1.165, 1.54) is 36.7 Å². The van der Waals surface area contributed by atoms with Crippen LogP contribution in [0.3, 0.4) is 0 Å². The largest absolute Gasteiger partial charge is 0.465 e. The number of alkyl halides is 3. The van der Waals surface area contributed by atoms with Gasteiger partial charge in [-0.15, -0.1) is 0 Å². The van der Waals surface area contributed by atoms with E-state index in [0.29, 0.717) is 10.9 Å². The number of aromatic nitrogens is 2. The van der Waals surface area contributed by atoms with Crippen molar-refractivity contribution in [3.63, 3.8) is 0 Å². The van der Waals surface area contributed by atoms with E-state index in [0.717, 1.165) is 13.2 Å². The molecule has 0 aliphatic carbocycles. The molecule has 0 bridgehead atoms. The molecule has 2 aromatic heterocycles. The van der Waals surface area contributed by atoms with Crippen LogP contribution in [-0.2, 0) is 10.9 Å². The maximum atomic E-state index is 13.3. The summed E-state index contributed by atoms with van der Waals surface area (Å²) in [6.45, 7) is 0. The van der Waals surface area contributed by atoms with Gasteiger partial charge < -0.3 is 4.74 Å². The second-order valence-corrected chi connectivity index (χ2v) is 4.99. The van der Waals surface area contributed by atoms with Crippen molar-refractivity contribution in [1.82, 2.24) is 9.97 Å². The third-order valence-electron chi connectivity index (χ3n) is 3.51.